The lowest BCUT2D eigenvalue weighted by Crippen LogP contribution is -2.51. The summed E-state index contributed by atoms with van der Waals surface area (Å²) in [5, 5.41) is 49.0. The van der Waals surface area contributed by atoms with Gasteiger partial charge in [0.2, 0.25) is 5.91 Å². The fourth-order valence-electron chi connectivity index (χ4n) is 3.93. The lowest BCUT2D eigenvalue weighted by molar-refractivity contribution is -0.144. The maximum Gasteiger partial charge on any atom is 0.317 e. The quantitative estimate of drug-likeness (QED) is 0.0863. The van der Waals surface area contributed by atoms with Crippen molar-refractivity contribution in [2.24, 2.45) is 5.73 Å². The van der Waals surface area contributed by atoms with Crippen molar-refractivity contribution >= 4 is 41.4 Å². The molecule has 1 aromatic carbocycles. The highest BCUT2D eigenvalue weighted by Gasteiger charge is 2.27. The number of carboxylic acid groups (broad SMARTS) is 5. The number of anilines is 1. The van der Waals surface area contributed by atoms with E-state index in [2.05, 4.69) is 5.32 Å². The van der Waals surface area contributed by atoms with E-state index in [1.807, 2.05) is 0 Å². The van der Waals surface area contributed by atoms with Crippen LogP contribution in [0.1, 0.15) is 12.0 Å². The number of hydrogen-bond acceptors (Lipinski definition) is 10. The standard InChI is InChI=1S/C24H35N5O11/c25-6-5-19(30)26-17-3-1-16(2-4-17)9-18(29(14-23(37)38)15-24(39)40)10-27(11-20(31)32)7-8-28(12-21(33)34)13-22(35)36/h1-4,18H,5-15,25H2,(H,26,30)(H,31,32)(H,33,34)(H,35,36)(H,37,38)(H,39,40). The number of rotatable bonds is 21. The molecule has 222 valence electrons. The van der Waals surface area contributed by atoms with Crippen LogP contribution < -0.4 is 11.1 Å². The minimum atomic E-state index is -1.30. The molecule has 0 aliphatic rings. The molecule has 16 nitrogen and oxygen atoms in total. The zero-order chi connectivity index (χ0) is 30.2. The van der Waals surface area contributed by atoms with E-state index < -0.39 is 68.6 Å². The monoisotopic (exact) mass is 569 g/mol. The molecule has 0 aromatic heterocycles. The zero-order valence-corrected chi connectivity index (χ0v) is 21.8. The molecule has 8 N–H and O–H groups in total. The largest absolute Gasteiger partial charge is 0.480 e. The summed E-state index contributed by atoms with van der Waals surface area (Å²) in [5.41, 5.74) is 6.48. The normalized spacial score (nSPS) is 11.9. The van der Waals surface area contributed by atoms with Crippen molar-refractivity contribution in [1.29, 1.82) is 0 Å². The van der Waals surface area contributed by atoms with Gasteiger partial charge in [0, 0.05) is 44.3 Å². The van der Waals surface area contributed by atoms with Gasteiger partial charge in [0.05, 0.1) is 32.7 Å². The van der Waals surface area contributed by atoms with Crippen LogP contribution >= 0.6 is 0 Å². The molecule has 0 radical (unpaired) electrons. The predicted octanol–water partition coefficient (Wildman–Crippen LogP) is -1.79. The van der Waals surface area contributed by atoms with Gasteiger partial charge in [0.25, 0.3) is 0 Å². The van der Waals surface area contributed by atoms with E-state index in [1.54, 1.807) is 24.3 Å². The van der Waals surface area contributed by atoms with E-state index in [0.29, 0.717) is 11.3 Å². The molecule has 0 spiro atoms. The lowest BCUT2D eigenvalue weighted by atomic mass is 10.0. The fraction of sp³-hybridized carbons (Fsp3) is 0.500. The Labute approximate surface area is 229 Å². The van der Waals surface area contributed by atoms with Crippen LogP contribution in [0.5, 0.6) is 0 Å². The number of hydrogen-bond donors (Lipinski definition) is 7. The Kier molecular flexibility index (Phi) is 14.8. The maximum atomic E-state index is 11.8. The maximum absolute atomic E-state index is 11.8. The average Bonchev–Trinajstić information content (AvgIpc) is 2.81. The van der Waals surface area contributed by atoms with Crippen LogP contribution in [-0.2, 0) is 35.2 Å². The van der Waals surface area contributed by atoms with Crippen molar-refractivity contribution in [2.75, 3.05) is 64.2 Å². The third-order valence-corrected chi connectivity index (χ3v) is 5.55. The first-order valence-electron chi connectivity index (χ1n) is 12.2. The Morgan fingerprint density at radius 1 is 0.700 bits per heavy atom. The van der Waals surface area contributed by atoms with Gasteiger partial charge in [-0.1, -0.05) is 12.1 Å². The first kappa shape index (κ1) is 33.9. The molecule has 0 heterocycles. The third-order valence-electron chi connectivity index (χ3n) is 5.55. The number of nitrogens with one attached hydrogen (secondary N) is 1. The van der Waals surface area contributed by atoms with Gasteiger partial charge in [-0.2, -0.15) is 0 Å². The summed E-state index contributed by atoms with van der Waals surface area (Å²) in [7, 11) is 0. The van der Waals surface area contributed by atoms with E-state index in [0.717, 1.165) is 4.90 Å². The van der Waals surface area contributed by atoms with Gasteiger partial charge in [-0.3, -0.25) is 43.5 Å². The second-order valence-electron chi connectivity index (χ2n) is 8.96. The first-order valence-corrected chi connectivity index (χ1v) is 12.2. The number of nitrogens with zero attached hydrogens (tertiary/aromatic N) is 3. The van der Waals surface area contributed by atoms with Crippen LogP contribution in [0.4, 0.5) is 5.69 Å². The van der Waals surface area contributed by atoms with Crippen molar-refractivity contribution in [3.63, 3.8) is 0 Å². The average molecular weight is 570 g/mol. The molecular weight excluding hydrogens is 534 g/mol. The van der Waals surface area contributed by atoms with Gasteiger partial charge in [-0.25, -0.2) is 0 Å². The van der Waals surface area contributed by atoms with Gasteiger partial charge < -0.3 is 36.6 Å². The molecule has 1 aromatic rings. The smallest absolute Gasteiger partial charge is 0.317 e. The Bertz CT molecular complexity index is 1000. The van der Waals surface area contributed by atoms with Gasteiger partial charge in [-0.05, 0) is 24.1 Å². The van der Waals surface area contributed by atoms with Crippen LogP contribution in [0.25, 0.3) is 0 Å². The molecule has 0 bridgehead atoms. The highest BCUT2D eigenvalue weighted by molar-refractivity contribution is 5.90. The van der Waals surface area contributed by atoms with Crippen molar-refractivity contribution in [1.82, 2.24) is 14.7 Å². The first-order chi connectivity index (χ1) is 18.8. The Morgan fingerprint density at radius 2 is 1.15 bits per heavy atom. The predicted molar refractivity (Wildman–Crippen MR) is 139 cm³/mol. The van der Waals surface area contributed by atoms with E-state index in [4.69, 9.17) is 15.9 Å². The SMILES string of the molecule is NCCC(=O)Nc1ccc(CC(CN(CCN(CC(=O)O)CC(=O)O)CC(=O)O)N(CC(=O)O)CC(=O)O)cc1. The molecule has 0 saturated heterocycles. The van der Waals surface area contributed by atoms with Gasteiger partial charge in [0.1, 0.15) is 0 Å². The minimum Gasteiger partial charge on any atom is -0.480 e. The summed E-state index contributed by atoms with van der Waals surface area (Å²) in [6.07, 6.45) is 0.223. The number of carbonyl (C=O) groups excluding carboxylic acids is 1. The molecule has 1 rings (SSSR count). The molecule has 16 heteroatoms. The van der Waals surface area contributed by atoms with Crippen molar-refractivity contribution in [3.05, 3.63) is 29.8 Å². The number of benzene rings is 1. The van der Waals surface area contributed by atoms with E-state index in [-0.39, 0.29) is 44.9 Å². The molecule has 0 saturated carbocycles. The van der Waals surface area contributed by atoms with E-state index >= 15 is 0 Å². The molecule has 0 fully saturated rings. The number of aliphatic carboxylic acids is 5. The molecule has 1 amide bonds. The summed E-state index contributed by atoms with van der Waals surface area (Å²) >= 11 is 0. The topological polar surface area (TPSA) is 251 Å². The van der Waals surface area contributed by atoms with Crippen LogP contribution in [0.15, 0.2) is 24.3 Å². The fourth-order valence-corrected chi connectivity index (χ4v) is 3.93. The summed E-state index contributed by atoms with van der Waals surface area (Å²) in [6, 6.07) is 5.67. The van der Waals surface area contributed by atoms with E-state index in [1.165, 1.54) is 9.80 Å². The van der Waals surface area contributed by atoms with Gasteiger partial charge >= 0.3 is 29.8 Å². The number of amides is 1. The molecule has 0 aliphatic carbocycles. The number of carboxylic acids is 5. The zero-order valence-electron chi connectivity index (χ0n) is 21.8. The summed E-state index contributed by atoms with van der Waals surface area (Å²) in [5.74, 6) is -6.69. The summed E-state index contributed by atoms with van der Waals surface area (Å²) in [6.45, 7) is -3.25. The van der Waals surface area contributed by atoms with Crippen molar-refractivity contribution in [2.45, 2.75) is 18.9 Å². The van der Waals surface area contributed by atoms with Crippen molar-refractivity contribution < 1.29 is 54.3 Å². The second kappa shape index (κ2) is 17.5. The molecule has 40 heavy (non-hydrogen) atoms. The third kappa shape index (κ3) is 14.7. The molecule has 0 aliphatic heterocycles. The van der Waals surface area contributed by atoms with Gasteiger partial charge in [0.15, 0.2) is 0 Å². The van der Waals surface area contributed by atoms with Crippen molar-refractivity contribution in [3.8, 4) is 0 Å². The summed E-state index contributed by atoms with van der Waals surface area (Å²) < 4.78 is 0. The van der Waals surface area contributed by atoms with Crippen LogP contribution in [0.3, 0.4) is 0 Å². The van der Waals surface area contributed by atoms with E-state index in [9.17, 15) is 44.1 Å². The summed E-state index contributed by atoms with van der Waals surface area (Å²) in [4.78, 5) is 72.2. The Morgan fingerprint density at radius 3 is 1.60 bits per heavy atom. The van der Waals surface area contributed by atoms with Crippen LogP contribution in [-0.4, -0.2) is 141 Å². The molecule has 1 unspecified atom stereocenters. The highest BCUT2D eigenvalue weighted by Crippen LogP contribution is 2.15. The van der Waals surface area contributed by atoms with Crippen LogP contribution in [0, 0.1) is 0 Å². The van der Waals surface area contributed by atoms with Crippen LogP contribution in [0.2, 0.25) is 0 Å². The van der Waals surface area contributed by atoms with Gasteiger partial charge in [-0.15, -0.1) is 0 Å². The Balaban J connectivity index is 3.22. The second-order valence-corrected chi connectivity index (χ2v) is 8.96. The molecular formula is C24H35N5O11. The lowest BCUT2D eigenvalue weighted by Gasteiger charge is -2.34. The number of nitrogens with two attached hydrogens (primary N) is 1. The Hall–Kier alpha value is -4.12. The highest BCUT2D eigenvalue weighted by atomic mass is 16.4. The number of carbonyl (C=O) groups is 6. The molecule has 1 atom stereocenters. The minimum absolute atomic E-state index is 0.0938.